The van der Waals surface area contributed by atoms with Crippen molar-refractivity contribution in [2.75, 3.05) is 25.3 Å². The molecule has 1 aliphatic rings. The molecule has 172 valence electrons. The summed E-state index contributed by atoms with van der Waals surface area (Å²) in [6, 6.07) is 16.7. The quantitative estimate of drug-likeness (QED) is 0.303. The van der Waals surface area contributed by atoms with E-state index in [1.54, 1.807) is 11.8 Å². The molecule has 2 aromatic heterocycles. The van der Waals surface area contributed by atoms with E-state index < -0.39 is 12.0 Å². The minimum atomic E-state index is -0.561. The van der Waals surface area contributed by atoms with Gasteiger partial charge in [-0.15, -0.1) is 10.2 Å². The molecule has 0 amide bonds. The molecule has 3 heterocycles. The number of carbonyl (C=O) groups is 1. The predicted molar refractivity (Wildman–Crippen MR) is 128 cm³/mol. The molecule has 34 heavy (non-hydrogen) atoms. The third-order valence-corrected chi connectivity index (χ3v) is 7.33. The summed E-state index contributed by atoms with van der Waals surface area (Å²) in [6.07, 6.45) is 0. The highest BCUT2D eigenvalue weighted by atomic mass is 32.2. The van der Waals surface area contributed by atoms with Crippen LogP contribution >= 0.6 is 23.1 Å². The number of anilines is 1. The number of carbonyl (C=O) groups excluding carboxylic acids is 1. The molecule has 1 unspecified atom stereocenters. The molecule has 0 fully saturated rings. The number of nitrogens with zero attached hydrogens (tertiary/aromatic N) is 6. The molecule has 0 bridgehead atoms. The lowest BCUT2D eigenvalue weighted by molar-refractivity contribution is -0.136. The number of nitrogens with one attached hydrogen (secondary N) is 1. The van der Waals surface area contributed by atoms with Crippen LogP contribution in [0.5, 0.6) is 5.75 Å². The molecule has 1 aliphatic heterocycles. The van der Waals surface area contributed by atoms with Crippen molar-refractivity contribution in [1.29, 1.82) is 0 Å². The highest BCUT2D eigenvalue weighted by Gasteiger charge is 2.36. The molecular weight excluding hydrogens is 474 g/mol. The van der Waals surface area contributed by atoms with Crippen molar-refractivity contribution >= 4 is 35.0 Å². The van der Waals surface area contributed by atoms with Crippen molar-refractivity contribution in [1.82, 2.24) is 30.4 Å². The second kappa shape index (κ2) is 9.61. The minimum Gasteiger partial charge on any atom is -0.497 e. The zero-order chi connectivity index (χ0) is 23.5. The molecule has 10 nitrogen and oxygen atoms in total. The van der Waals surface area contributed by atoms with E-state index in [9.17, 15) is 4.79 Å². The van der Waals surface area contributed by atoms with E-state index in [4.69, 9.17) is 9.47 Å². The standard InChI is InChI=1S/C22H19N7O3S2/c1-31-15-10-8-13(9-11-15)18-17(20(30)32-2)16(23-21-25-27-28-29(18)21)12-33-22-26-24-19(34-22)14-6-4-3-5-7-14/h3-11,18H,12H2,1-2H3,(H,23,25,28). The van der Waals surface area contributed by atoms with Crippen LogP contribution in [0.25, 0.3) is 10.6 Å². The van der Waals surface area contributed by atoms with Crippen LogP contribution in [0.15, 0.2) is 70.2 Å². The number of fused-ring (bicyclic) bond motifs is 1. The monoisotopic (exact) mass is 493 g/mol. The van der Waals surface area contributed by atoms with Crippen molar-refractivity contribution in [2.45, 2.75) is 10.4 Å². The van der Waals surface area contributed by atoms with Gasteiger partial charge in [0.1, 0.15) is 16.8 Å². The first kappa shape index (κ1) is 22.0. The van der Waals surface area contributed by atoms with Gasteiger partial charge in [-0.3, -0.25) is 0 Å². The maximum atomic E-state index is 13.0. The number of ether oxygens (including phenoxy) is 2. The van der Waals surface area contributed by atoms with Crippen molar-refractivity contribution < 1.29 is 14.3 Å². The lowest BCUT2D eigenvalue weighted by Crippen LogP contribution is -2.30. The minimum absolute atomic E-state index is 0.424. The van der Waals surface area contributed by atoms with E-state index in [0.29, 0.717) is 28.7 Å². The van der Waals surface area contributed by atoms with E-state index in [2.05, 4.69) is 31.0 Å². The number of rotatable bonds is 7. The lowest BCUT2D eigenvalue weighted by atomic mass is 9.95. The number of hydrogen-bond donors (Lipinski definition) is 1. The van der Waals surface area contributed by atoms with E-state index in [1.807, 2.05) is 54.6 Å². The molecule has 2 aromatic carbocycles. The Morgan fingerprint density at radius 2 is 1.88 bits per heavy atom. The molecule has 0 radical (unpaired) electrons. The van der Waals surface area contributed by atoms with Crippen LogP contribution in [0.2, 0.25) is 0 Å². The Labute approximate surface area is 203 Å². The van der Waals surface area contributed by atoms with Gasteiger partial charge in [0.15, 0.2) is 4.34 Å². The summed E-state index contributed by atoms with van der Waals surface area (Å²) in [5.41, 5.74) is 2.90. The smallest absolute Gasteiger partial charge is 0.338 e. The van der Waals surface area contributed by atoms with Gasteiger partial charge < -0.3 is 14.8 Å². The topological polar surface area (TPSA) is 117 Å². The van der Waals surface area contributed by atoms with E-state index in [0.717, 1.165) is 20.5 Å². The van der Waals surface area contributed by atoms with Gasteiger partial charge in [-0.25, -0.2) is 4.79 Å². The SMILES string of the molecule is COC(=O)C1=C(CSc2nnc(-c3ccccc3)s2)Nc2nnnn2C1c1ccc(OC)cc1. The van der Waals surface area contributed by atoms with E-state index >= 15 is 0 Å². The van der Waals surface area contributed by atoms with Crippen LogP contribution in [-0.4, -0.2) is 56.3 Å². The predicted octanol–water partition coefficient (Wildman–Crippen LogP) is 3.43. The Hall–Kier alpha value is -3.77. The zero-order valence-electron chi connectivity index (χ0n) is 18.2. The Morgan fingerprint density at radius 1 is 1.09 bits per heavy atom. The van der Waals surface area contributed by atoms with Gasteiger partial charge in [0.05, 0.1) is 19.8 Å². The van der Waals surface area contributed by atoms with Crippen molar-refractivity contribution in [3.63, 3.8) is 0 Å². The number of methoxy groups -OCH3 is 2. The fourth-order valence-corrected chi connectivity index (χ4v) is 5.42. The van der Waals surface area contributed by atoms with Gasteiger partial charge in [0, 0.05) is 17.0 Å². The Kier molecular flexibility index (Phi) is 6.23. The summed E-state index contributed by atoms with van der Waals surface area (Å²) in [5.74, 6) is 1.10. The first-order valence-electron chi connectivity index (χ1n) is 10.2. The summed E-state index contributed by atoms with van der Waals surface area (Å²) in [6.45, 7) is 0. The fraction of sp³-hybridized carbons (Fsp3) is 0.182. The number of tetrazole rings is 1. The molecule has 0 saturated heterocycles. The van der Waals surface area contributed by atoms with Crippen LogP contribution < -0.4 is 10.1 Å². The Morgan fingerprint density at radius 3 is 2.62 bits per heavy atom. The van der Waals surface area contributed by atoms with Crippen molar-refractivity contribution in [2.24, 2.45) is 0 Å². The van der Waals surface area contributed by atoms with Gasteiger partial charge in [-0.1, -0.05) is 70.7 Å². The normalized spacial score (nSPS) is 14.9. The summed E-state index contributed by atoms with van der Waals surface area (Å²) in [5, 5.41) is 24.6. The van der Waals surface area contributed by atoms with E-state index in [1.165, 1.54) is 30.2 Å². The van der Waals surface area contributed by atoms with Crippen molar-refractivity contribution in [3.8, 4) is 16.3 Å². The average Bonchev–Trinajstić information content (AvgIpc) is 3.56. The average molecular weight is 494 g/mol. The Balaban J connectivity index is 1.48. The molecule has 1 N–H and O–H groups in total. The first-order valence-corrected chi connectivity index (χ1v) is 12.0. The second-order valence-corrected chi connectivity index (χ2v) is 9.36. The van der Waals surface area contributed by atoms with Gasteiger partial charge in [-0.2, -0.15) is 4.68 Å². The molecule has 0 aliphatic carbocycles. The van der Waals surface area contributed by atoms with Gasteiger partial charge in [0.25, 0.3) is 0 Å². The molecular formula is C22H19N7O3S2. The number of aromatic nitrogens is 6. The molecule has 4 aromatic rings. The molecule has 0 spiro atoms. The van der Waals surface area contributed by atoms with Crippen LogP contribution in [0.4, 0.5) is 5.95 Å². The third kappa shape index (κ3) is 4.24. The second-order valence-electron chi connectivity index (χ2n) is 7.16. The largest absolute Gasteiger partial charge is 0.497 e. The van der Waals surface area contributed by atoms with Gasteiger partial charge in [-0.05, 0) is 28.1 Å². The van der Waals surface area contributed by atoms with E-state index in [-0.39, 0.29) is 0 Å². The summed E-state index contributed by atoms with van der Waals surface area (Å²) >= 11 is 2.97. The number of esters is 1. The molecule has 5 rings (SSSR count). The molecule has 12 heteroatoms. The highest BCUT2D eigenvalue weighted by molar-refractivity contribution is 8.01. The van der Waals surface area contributed by atoms with Gasteiger partial charge >= 0.3 is 5.97 Å². The number of hydrogen-bond acceptors (Lipinski definition) is 11. The van der Waals surface area contributed by atoms with Crippen molar-refractivity contribution in [3.05, 3.63) is 71.4 Å². The third-order valence-electron chi connectivity index (χ3n) is 5.20. The molecule has 1 atom stereocenters. The van der Waals surface area contributed by atoms with Crippen LogP contribution in [0, 0.1) is 0 Å². The summed E-state index contributed by atoms with van der Waals surface area (Å²) < 4.78 is 12.8. The van der Waals surface area contributed by atoms with Crippen LogP contribution in [-0.2, 0) is 9.53 Å². The van der Waals surface area contributed by atoms with Gasteiger partial charge in [0.2, 0.25) is 5.95 Å². The first-order chi connectivity index (χ1) is 16.7. The summed E-state index contributed by atoms with van der Waals surface area (Å²) in [7, 11) is 2.96. The van der Waals surface area contributed by atoms with Crippen LogP contribution in [0.3, 0.4) is 0 Å². The number of benzene rings is 2. The highest BCUT2D eigenvalue weighted by Crippen LogP contribution is 2.38. The Bertz CT molecular complexity index is 1340. The lowest BCUT2D eigenvalue weighted by Gasteiger charge is -2.28. The maximum absolute atomic E-state index is 13.0. The zero-order valence-corrected chi connectivity index (χ0v) is 19.8. The molecule has 0 saturated carbocycles. The summed E-state index contributed by atoms with van der Waals surface area (Å²) in [4.78, 5) is 13.0. The fourth-order valence-electron chi connectivity index (χ4n) is 3.59. The van der Waals surface area contributed by atoms with Crippen LogP contribution in [0.1, 0.15) is 11.6 Å². The number of thioether (sulfide) groups is 1. The maximum Gasteiger partial charge on any atom is 0.338 e.